The van der Waals surface area contributed by atoms with Crippen LogP contribution in [0.3, 0.4) is 0 Å². The van der Waals surface area contributed by atoms with Gasteiger partial charge in [-0.15, -0.1) is 0 Å². The molecule has 1 heterocycles. The van der Waals surface area contributed by atoms with E-state index in [1.54, 1.807) is 0 Å². The molecule has 0 aliphatic carbocycles. The molecule has 20 heavy (non-hydrogen) atoms. The highest BCUT2D eigenvalue weighted by molar-refractivity contribution is 7.89. The summed E-state index contributed by atoms with van der Waals surface area (Å²) in [6.45, 7) is 4.32. The molecule has 0 amide bonds. The minimum atomic E-state index is -4.15. The van der Waals surface area contributed by atoms with Gasteiger partial charge in [-0.25, -0.2) is 21.6 Å². The smallest absolute Gasteiger partial charge is 0.207 e. The average molecular weight is 307 g/mol. The van der Waals surface area contributed by atoms with Crippen molar-refractivity contribution in [3.05, 3.63) is 29.6 Å². The van der Waals surface area contributed by atoms with Crippen LogP contribution in [0, 0.1) is 29.3 Å². The van der Waals surface area contributed by atoms with E-state index in [1.165, 1.54) is 0 Å². The number of rotatable bonds is 2. The summed E-state index contributed by atoms with van der Waals surface area (Å²) in [5.74, 6) is -4.54. The standard InChI is InChI=1S/C13H16F3NO2S/c1-8-5-9(2)7-17(6-8)20(18,19)11-4-3-10(14)12(15)13(11)16/h3-4,8-9H,5-7H2,1-2H3. The molecule has 1 aromatic rings. The fourth-order valence-electron chi connectivity index (χ4n) is 2.65. The van der Waals surface area contributed by atoms with Gasteiger partial charge in [0.2, 0.25) is 10.0 Å². The zero-order valence-electron chi connectivity index (χ0n) is 11.2. The summed E-state index contributed by atoms with van der Waals surface area (Å²) < 4.78 is 65.6. The van der Waals surface area contributed by atoms with Crippen LogP contribution in [0.15, 0.2) is 17.0 Å². The Labute approximate surface area is 116 Å². The van der Waals surface area contributed by atoms with E-state index in [1.807, 2.05) is 13.8 Å². The first-order valence-corrected chi connectivity index (χ1v) is 7.81. The summed E-state index contributed by atoms with van der Waals surface area (Å²) in [5, 5.41) is 0. The van der Waals surface area contributed by atoms with Crippen LogP contribution in [-0.4, -0.2) is 25.8 Å². The summed E-state index contributed by atoms with van der Waals surface area (Å²) in [4.78, 5) is -0.808. The van der Waals surface area contributed by atoms with Crippen molar-refractivity contribution in [1.29, 1.82) is 0 Å². The highest BCUT2D eigenvalue weighted by atomic mass is 32.2. The molecule has 2 atom stereocenters. The maximum Gasteiger partial charge on any atom is 0.246 e. The van der Waals surface area contributed by atoms with E-state index in [-0.39, 0.29) is 24.9 Å². The predicted octanol–water partition coefficient (Wildman–Crippen LogP) is 2.77. The van der Waals surface area contributed by atoms with Gasteiger partial charge < -0.3 is 0 Å². The Morgan fingerprint density at radius 3 is 2.15 bits per heavy atom. The molecular weight excluding hydrogens is 291 g/mol. The molecule has 1 aliphatic rings. The van der Waals surface area contributed by atoms with Crippen LogP contribution in [0.5, 0.6) is 0 Å². The number of nitrogens with zero attached hydrogens (tertiary/aromatic N) is 1. The van der Waals surface area contributed by atoms with Gasteiger partial charge in [0.15, 0.2) is 17.5 Å². The van der Waals surface area contributed by atoms with Gasteiger partial charge in [-0.1, -0.05) is 13.8 Å². The maximum absolute atomic E-state index is 13.7. The number of benzene rings is 1. The number of sulfonamides is 1. The number of hydrogen-bond acceptors (Lipinski definition) is 2. The highest BCUT2D eigenvalue weighted by Crippen LogP contribution is 2.28. The molecule has 3 nitrogen and oxygen atoms in total. The third-order valence-corrected chi connectivity index (χ3v) is 5.30. The zero-order valence-corrected chi connectivity index (χ0v) is 12.1. The van der Waals surface area contributed by atoms with Crippen molar-refractivity contribution in [2.75, 3.05) is 13.1 Å². The lowest BCUT2D eigenvalue weighted by atomic mass is 9.94. The molecule has 1 aliphatic heterocycles. The van der Waals surface area contributed by atoms with Gasteiger partial charge in [-0.3, -0.25) is 0 Å². The normalized spacial score (nSPS) is 24.9. The van der Waals surface area contributed by atoms with E-state index in [4.69, 9.17) is 0 Å². The monoisotopic (exact) mass is 307 g/mol. The second-order valence-electron chi connectivity index (χ2n) is 5.44. The fourth-order valence-corrected chi connectivity index (χ4v) is 4.38. The van der Waals surface area contributed by atoms with Crippen molar-refractivity contribution in [1.82, 2.24) is 4.31 Å². The molecule has 0 aromatic heterocycles. The zero-order chi connectivity index (χ0) is 15.1. The Kier molecular flexibility index (Phi) is 4.11. The summed E-state index contributed by atoms with van der Waals surface area (Å²) in [5.41, 5.74) is 0. The number of halogens is 3. The van der Waals surface area contributed by atoms with E-state index in [0.717, 1.165) is 16.8 Å². The molecule has 1 saturated heterocycles. The quantitative estimate of drug-likeness (QED) is 0.788. The molecule has 7 heteroatoms. The van der Waals surface area contributed by atoms with Gasteiger partial charge in [0.05, 0.1) is 0 Å². The van der Waals surface area contributed by atoms with Gasteiger partial charge >= 0.3 is 0 Å². The van der Waals surface area contributed by atoms with Gasteiger partial charge in [0, 0.05) is 13.1 Å². The molecule has 0 radical (unpaired) electrons. The minimum absolute atomic E-state index is 0.141. The first-order chi connectivity index (χ1) is 9.23. The Morgan fingerprint density at radius 2 is 1.60 bits per heavy atom. The average Bonchev–Trinajstić information content (AvgIpc) is 2.34. The van der Waals surface area contributed by atoms with Crippen LogP contribution in [0.25, 0.3) is 0 Å². The lowest BCUT2D eigenvalue weighted by Gasteiger charge is -2.34. The molecule has 1 aromatic carbocycles. The van der Waals surface area contributed by atoms with E-state index in [2.05, 4.69) is 0 Å². The molecular formula is C13H16F3NO2S. The van der Waals surface area contributed by atoms with Crippen LogP contribution < -0.4 is 0 Å². The molecule has 0 spiro atoms. The molecule has 0 bridgehead atoms. The second kappa shape index (κ2) is 5.37. The van der Waals surface area contributed by atoms with E-state index < -0.39 is 32.4 Å². The molecule has 2 unspecified atom stereocenters. The van der Waals surface area contributed by atoms with Crippen LogP contribution in [0.2, 0.25) is 0 Å². The van der Waals surface area contributed by atoms with Gasteiger partial charge in [-0.05, 0) is 30.4 Å². The molecule has 1 fully saturated rings. The first kappa shape index (κ1) is 15.3. The van der Waals surface area contributed by atoms with Crippen molar-refractivity contribution < 1.29 is 21.6 Å². The van der Waals surface area contributed by atoms with Crippen molar-refractivity contribution >= 4 is 10.0 Å². The molecule has 0 N–H and O–H groups in total. The third-order valence-electron chi connectivity index (χ3n) is 3.45. The van der Waals surface area contributed by atoms with Gasteiger partial charge in [0.1, 0.15) is 4.90 Å². The predicted molar refractivity (Wildman–Crippen MR) is 68.0 cm³/mol. The van der Waals surface area contributed by atoms with E-state index in [0.29, 0.717) is 6.07 Å². The maximum atomic E-state index is 13.7. The summed E-state index contributed by atoms with van der Waals surface area (Å²) in [7, 11) is -4.15. The first-order valence-electron chi connectivity index (χ1n) is 6.37. The highest BCUT2D eigenvalue weighted by Gasteiger charge is 2.34. The Bertz CT molecular complexity index is 608. The van der Waals surface area contributed by atoms with Crippen molar-refractivity contribution in [2.24, 2.45) is 11.8 Å². The van der Waals surface area contributed by atoms with Gasteiger partial charge in [0.25, 0.3) is 0 Å². The lowest BCUT2D eigenvalue weighted by molar-refractivity contribution is 0.222. The van der Waals surface area contributed by atoms with Crippen molar-refractivity contribution in [3.8, 4) is 0 Å². The fraction of sp³-hybridized carbons (Fsp3) is 0.538. The molecule has 112 valence electrons. The van der Waals surface area contributed by atoms with E-state index >= 15 is 0 Å². The van der Waals surface area contributed by atoms with Crippen LogP contribution in [0.4, 0.5) is 13.2 Å². The second-order valence-corrected chi connectivity index (χ2v) is 7.35. The summed E-state index contributed by atoms with van der Waals surface area (Å²) in [6, 6.07) is 1.40. The SMILES string of the molecule is CC1CC(C)CN(S(=O)(=O)c2ccc(F)c(F)c2F)C1. The summed E-state index contributed by atoms with van der Waals surface area (Å²) >= 11 is 0. The number of hydrogen-bond donors (Lipinski definition) is 0. The van der Waals surface area contributed by atoms with E-state index in [9.17, 15) is 21.6 Å². The van der Waals surface area contributed by atoms with Crippen LogP contribution >= 0.6 is 0 Å². The molecule has 2 rings (SSSR count). The van der Waals surface area contributed by atoms with Crippen molar-refractivity contribution in [2.45, 2.75) is 25.2 Å². The van der Waals surface area contributed by atoms with Gasteiger partial charge in [-0.2, -0.15) is 4.31 Å². The topological polar surface area (TPSA) is 37.4 Å². The Morgan fingerprint density at radius 1 is 1.05 bits per heavy atom. The van der Waals surface area contributed by atoms with Crippen molar-refractivity contribution in [3.63, 3.8) is 0 Å². The largest absolute Gasteiger partial charge is 0.246 e. The Hall–Kier alpha value is -1.08. The Balaban J connectivity index is 2.43. The van der Waals surface area contributed by atoms with Crippen LogP contribution in [0.1, 0.15) is 20.3 Å². The minimum Gasteiger partial charge on any atom is -0.207 e. The number of piperidine rings is 1. The lowest BCUT2D eigenvalue weighted by Crippen LogP contribution is -2.42. The third kappa shape index (κ3) is 2.69. The molecule has 0 saturated carbocycles. The summed E-state index contributed by atoms with van der Waals surface area (Å²) in [6.07, 6.45) is 0.881. The van der Waals surface area contributed by atoms with Crippen LogP contribution in [-0.2, 0) is 10.0 Å².